The molecule has 0 heterocycles. The predicted octanol–water partition coefficient (Wildman–Crippen LogP) is 3.12. The Kier molecular flexibility index (Phi) is 5.91. The molecule has 0 amide bonds. The number of rotatable bonds is 7. The maximum atomic E-state index is 13.2. The summed E-state index contributed by atoms with van der Waals surface area (Å²) in [6.45, 7) is 2.56. The zero-order chi connectivity index (χ0) is 12.7. The second-order valence-corrected chi connectivity index (χ2v) is 3.96. The van der Waals surface area contributed by atoms with Gasteiger partial charge in [-0.3, -0.25) is 0 Å². The van der Waals surface area contributed by atoms with Crippen LogP contribution in [-0.2, 0) is 0 Å². The molecule has 1 aromatic carbocycles. The van der Waals surface area contributed by atoms with Crippen LogP contribution < -0.4 is 10.1 Å². The van der Waals surface area contributed by atoms with Crippen LogP contribution in [0.5, 0.6) is 5.75 Å². The molecular weight excluding hydrogens is 224 g/mol. The van der Waals surface area contributed by atoms with Crippen LogP contribution in [0.4, 0.5) is 8.78 Å². The van der Waals surface area contributed by atoms with E-state index in [1.165, 1.54) is 12.1 Å². The molecule has 17 heavy (non-hydrogen) atoms. The quantitative estimate of drug-likeness (QED) is 0.743. The lowest BCUT2D eigenvalue weighted by molar-refractivity contribution is 0.282. The Bertz CT molecular complexity index is 340. The van der Waals surface area contributed by atoms with Gasteiger partial charge in [0.05, 0.1) is 6.61 Å². The van der Waals surface area contributed by atoms with E-state index in [-0.39, 0.29) is 5.75 Å². The van der Waals surface area contributed by atoms with E-state index in [2.05, 4.69) is 12.2 Å². The first kappa shape index (κ1) is 13.9. The summed E-state index contributed by atoms with van der Waals surface area (Å²) in [5.41, 5.74) is 0. The van der Waals surface area contributed by atoms with E-state index in [1.54, 1.807) is 0 Å². The molecule has 4 heteroatoms. The minimum absolute atomic E-state index is 0.115. The van der Waals surface area contributed by atoms with Crippen molar-refractivity contribution in [3.8, 4) is 5.75 Å². The van der Waals surface area contributed by atoms with Gasteiger partial charge in [0.1, 0.15) is 5.82 Å². The summed E-state index contributed by atoms with van der Waals surface area (Å²) in [5, 5.41) is 3.19. The Morgan fingerprint density at radius 1 is 1.35 bits per heavy atom. The molecule has 0 spiro atoms. The van der Waals surface area contributed by atoms with Crippen molar-refractivity contribution < 1.29 is 13.5 Å². The first-order chi connectivity index (χ1) is 8.17. The van der Waals surface area contributed by atoms with Crippen LogP contribution in [0.25, 0.3) is 0 Å². The molecule has 0 aromatic heterocycles. The normalized spacial score (nSPS) is 12.5. The lowest BCUT2D eigenvalue weighted by Gasteiger charge is -2.13. The van der Waals surface area contributed by atoms with Crippen LogP contribution in [0.3, 0.4) is 0 Å². The first-order valence-corrected chi connectivity index (χ1v) is 5.92. The summed E-state index contributed by atoms with van der Waals surface area (Å²) in [6, 6.07) is 3.82. The van der Waals surface area contributed by atoms with Crippen LogP contribution in [0.1, 0.15) is 26.2 Å². The highest BCUT2D eigenvalue weighted by Gasteiger charge is 2.06. The average Bonchev–Trinajstić information content (AvgIpc) is 2.32. The van der Waals surface area contributed by atoms with Gasteiger partial charge >= 0.3 is 0 Å². The molecule has 0 aliphatic rings. The van der Waals surface area contributed by atoms with Crippen molar-refractivity contribution in [2.45, 2.75) is 32.2 Å². The van der Waals surface area contributed by atoms with Crippen LogP contribution in [0, 0.1) is 11.6 Å². The maximum absolute atomic E-state index is 13.2. The van der Waals surface area contributed by atoms with Gasteiger partial charge in [0.15, 0.2) is 11.6 Å². The highest BCUT2D eigenvalue weighted by atomic mass is 19.1. The second-order valence-electron chi connectivity index (χ2n) is 3.96. The van der Waals surface area contributed by atoms with Gasteiger partial charge in [-0.05, 0) is 38.4 Å². The topological polar surface area (TPSA) is 21.3 Å². The van der Waals surface area contributed by atoms with Crippen molar-refractivity contribution in [1.82, 2.24) is 5.32 Å². The van der Waals surface area contributed by atoms with E-state index in [4.69, 9.17) is 4.74 Å². The molecule has 1 rings (SSSR count). The SMILES string of the molecule is CCC(CCCOc1ccc(F)cc1F)NC. The van der Waals surface area contributed by atoms with Crippen molar-refractivity contribution in [3.63, 3.8) is 0 Å². The standard InChI is InChI=1S/C13H19F2NO/c1-3-11(16-2)5-4-8-17-13-7-6-10(14)9-12(13)15/h6-7,9,11,16H,3-5,8H2,1-2H3. The third-order valence-electron chi connectivity index (χ3n) is 2.75. The van der Waals surface area contributed by atoms with Crippen molar-refractivity contribution in [3.05, 3.63) is 29.8 Å². The molecule has 0 fully saturated rings. The van der Waals surface area contributed by atoms with Gasteiger partial charge in [-0.25, -0.2) is 8.78 Å². The highest BCUT2D eigenvalue weighted by Crippen LogP contribution is 2.17. The Balaban J connectivity index is 2.31. The molecule has 0 saturated heterocycles. The summed E-state index contributed by atoms with van der Waals surface area (Å²) in [6.07, 6.45) is 2.88. The summed E-state index contributed by atoms with van der Waals surface area (Å²) < 4.78 is 31.1. The lowest BCUT2D eigenvalue weighted by atomic mass is 10.1. The van der Waals surface area contributed by atoms with Crippen molar-refractivity contribution >= 4 is 0 Å². The molecule has 0 aliphatic heterocycles. The average molecular weight is 243 g/mol. The van der Waals surface area contributed by atoms with Gasteiger partial charge in [-0.1, -0.05) is 6.92 Å². The monoisotopic (exact) mass is 243 g/mol. The Morgan fingerprint density at radius 2 is 2.12 bits per heavy atom. The van der Waals surface area contributed by atoms with Crippen molar-refractivity contribution in [1.29, 1.82) is 0 Å². The second kappa shape index (κ2) is 7.22. The van der Waals surface area contributed by atoms with Crippen LogP contribution in [0.2, 0.25) is 0 Å². The molecule has 0 radical (unpaired) electrons. The molecular formula is C13H19F2NO. The molecule has 0 saturated carbocycles. The smallest absolute Gasteiger partial charge is 0.167 e. The molecule has 1 unspecified atom stereocenters. The third kappa shape index (κ3) is 4.69. The number of nitrogens with one attached hydrogen (secondary N) is 1. The van der Waals surface area contributed by atoms with E-state index in [1.807, 2.05) is 7.05 Å². The molecule has 96 valence electrons. The number of hydrogen-bond donors (Lipinski definition) is 1. The summed E-state index contributed by atoms with van der Waals surface area (Å²) >= 11 is 0. The molecule has 2 nitrogen and oxygen atoms in total. The summed E-state index contributed by atoms with van der Waals surface area (Å²) in [4.78, 5) is 0. The van der Waals surface area contributed by atoms with Crippen molar-refractivity contribution in [2.24, 2.45) is 0 Å². The minimum atomic E-state index is -0.648. The molecule has 1 atom stereocenters. The molecule has 0 aliphatic carbocycles. The van der Waals surface area contributed by atoms with Gasteiger partial charge in [-0.2, -0.15) is 0 Å². The van der Waals surface area contributed by atoms with Gasteiger partial charge in [0, 0.05) is 12.1 Å². The predicted molar refractivity (Wildman–Crippen MR) is 64.2 cm³/mol. The summed E-state index contributed by atoms with van der Waals surface area (Å²) in [7, 11) is 1.93. The molecule has 0 bridgehead atoms. The number of benzene rings is 1. The fraction of sp³-hybridized carbons (Fsp3) is 0.538. The first-order valence-electron chi connectivity index (χ1n) is 5.92. The van der Waals surface area contributed by atoms with E-state index in [0.29, 0.717) is 12.6 Å². The highest BCUT2D eigenvalue weighted by molar-refractivity contribution is 5.24. The lowest BCUT2D eigenvalue weighted by Crippen LogP contribution is -2.24. The number of hydrogen-bond acceptors (Lipinski definition) is 2. The van der Waals surface area contributed by atoms with Crippen LogP contribution in [0.15, 0.2) is 18.2 Å². The molecule has 1 aromatic rings. The van der Waals surface area contributed by atoms with Crippen molar-refractivity contribution in [2.75, 3.05) is 13.7 Å². The Hall–Kier alpha value is -1.16. The van der Waals surface area contributed by atoms with E-state index in [9.17, 15) is 8.78 Å². The Labute approximate surface area is 101 Å². The van der Waals surface area contributed by atoms with Gasteiger partial charge in [-0.15, -0.1) is 0 Å². The van der Waals surface area contributed by atoms with Crippen LogP contribution in [-0.4, -0.2) is 19.7 Å². The zero-order valence-electron chi connectivity index (χ0n) is 10.3. The number of halogens is 2. The van der Waals surface area contributed by atoms with Crippen LogP contribution >= 0.6 is 0 Å². The minimum Gasteiger partial charge on any atom is -0.491 e. The fourth-order valence-electron chi connectivity index (χ4n) is 1.66. The Morgan fingerprint density at radius 3 is 2.71 bits per heavy atom. The van der Waals surface area contributed by atoms with Gasteiger partial charge in [0.25, 0.3) is 0 Å². The largest absolute Gasteiger partial charge is 0.491 e. The summed E-state index contributed by atoms with van der Waals surface area (Å²) in [5.74, 6) is -1.12. The van der Waals surface area contributed by atoms with E-state index >= 15 is 0 Å². The molecule has 1 N–H and O–H groups in total. The van der Waals surface area contributed by atoms with Gasteiger partial charge < -0.3 is 10.1 Å². The van der Waals surface area contributed by atoms with E-state index < -0.39 is 11.6 Å². The fourth-order valence-corrected chi connectivity index (χ4v) is 1.66. The third-order valence-corrected chi connectivity index (χ3v) is 2.75. The maximum Gasteiger partial charge on any atom is 0.167 e. The van der Waals surface area contributed by atoms with Gasteiger partial charge in [0.2, 0.25) is 0 Å². The zero-order valence-corrected chi connectivity index (χ0v) is 10.3. The van der Waals surface area contributed by atoms with E-state index in [0.717, 1.165) is 25.3 Å². The number of ether oxygens (including phenoxy) is 1.